The number of hydrogen-bond donors (Lipinski definition) is 1. The SMILES string of the molecule is COCCCN1C(=O)[C@H](CC(=O)Nc2cccc(Cl)c2C)n2c1nc1ccccc12. The first kappa shape index (κ1) is 20.4. The predicted octanol–water partition coefficient (Wildman–Crippen LogP) is 3.95. The van der Waals surface area contributed by atoms with E-state index in [-0.39, 0.29) is 18.2 Å². The summed E-state index contributed by atoms with van der Waals surface area (Å²) in [6.07, 6.45) is 0.699. The van der Waals surface area contributed by atoms with Gasteiger partial charge < -0.3 is 10.1 Å². The summed E-state index contributed by atoms with van der Waals surface area (Å²) >= 11 is 6.15. The van der Waals surface area contributed by atoms with E-state index in [1.807, 2.05) is 35.8 Å². The van der Waals surface area contributed by atoms with Crippen LogP contribution in [0.15, 0.2) is 42.5 Å². The van der Waals surface area contributed by atoms with E-state index in [4.69, 9.17) is 16.3 Å². The Morgan fingerprint density at radius 1 is 1.23 bits per heavy atom. The van der Waals surface area contributed by atoms with E-state index in [0.717, 1.165) is 16.6 Å². The third kappa shape index (κ3) is 3.66. The van der Waals surface area contributed by atoms with Gasteiger partial charge in [-0.3, -0.25) is 19.1 Å². The highest BCUT2D eigenvalue weighted by Crippen LogP contribution is 2.36. The van der Waals surface area contributed by atoms with E-state index < -0.39 is 6.04 Å². The van der Waals surface area contributed by atoms with E-state index in [0.29, 0.717) is 36.2 Å². The number of benzene rings is 2. The molecule has 0 fully saturated rings. The zero-order valence-electron chi connectivity index (χ0n) is 16.9. The van der Waals surface area contributed by atoms with Gasteiger partial charge >= 0.3 is 0 Å². The van der Waals surface area contributed by atoms with Gasteiger partial charge in [-0.1, -0.05) is 29.8 Å². The Kier molecular flexibility index (Phi) is 5.74. The van der Waals surface area contributed by atoms with E-state index in [1.165, 1.54) is 0 Å². The van der Waals surface area contributed by atoms with Gasteiger partial charge in [0.25, 0.3) is 5.91 Å². The average molecular weight is 427 g/mol. The number of carbonyl (C=O) groups excluding carboxylic acids is 2. The molecule has 3 aromatic rings. The summed E-state index contributed by atoms with van der Waals surface area (Å²) in [5.41, 5.74) is 3.07. The molecule has 2 amide bonds. The predicted molar refractivity (Wildman–Crippen MR) is 117 cm³/mol. The number of rotatable bonds is 7. The Labute approximate surface area is 179 Å². The molecular weight excluding hydrogens is 404 g/mol. The minimum atomic E-state index is -0.644. The second kappa shape index (κ2) is 8.45. The number of methoxy groups -OCH3 is 1. The van der Waals surface area contributed by atoms with Gasteiger partial charge in [0.15, 0.2) is 0 Å². The van der Waals surface area contributed by atoms with Crippen molar-refractivity contribution in [2.75, 3.05) is 30.5 Å². The Bertz CT molecular complexity index is 1110. The highest BCUT2D eigenvalue weighted by molar-refractivity contribution is 6.31. The van der Waals surface area contributed by atoms with Gasteiger partial charge in [-0.25, -0.2) is 4.98 Å². The Hall–Kier alpha value is -2.90. The largest absolute Gasteiger partial charge is 0.385 e. The molecular formula is C22H23ClN4O3. The highest BCUT2D eigenvalue weighted by atomic mass is 35.5. The lowest BCUT2D eigenvalue weighted by atomic mass is 10.1. The van der Waals surface area contributed by atoms with Crippen LogP contribution in [0, 0.1) is 6.92 Å². The molecule has 30 heavy (non-hydrogen) atoms. The minimum absolute atomic E-state index is 0.0128. The van der Waals surface area contributed by atoms with Crippen LogP contribution < -0.4 is 10.2 Å². The van der Waals surface area contributed by atoms with E-state index in [9.17, 15) is 9.59 Å². The summed E-state index contributed by atoms with van der Waals surface area (Å²) in [6, 6.07) is 12.3. The number of para-hydroxylation sites is 2. The molecule has 0 aliphatic carbocycles. The topological polar surface area (TPSA) is 76.5 Å². The molecule has 1 N–H and O–H groups in total. The molecule has 0 saturated carbocycles. The molecule has 4 rings (SSSR count). The van der Waals surface area contributed by atoms with Gasteiger partial charge in [0.2, 0.25) is 11.9 Å². The molecule has 8 heteroatoms. The van der Waals surface area contributed by atoms with Gasteiger partial charge in [0.1, 0.15) is 6.04 Å². The first-order valence-electron chi connectivity index (χ1n) is 9.83. The number of carbonyl (C=O) groups is 2. The van der Waals surface area contributed by atoms with Gasteiger partial charge in [-0.2, -0.15) is 0 Å². The zero-order valence-corrected chi connectivity index (χ0v) is 17.6. The van der Waals surface area contributed by atoms with Crippen LogP contribution in [0.3, 0.4) is 0 Å². The number of anilines is 2. The maximum Gasteiger partial charge on any atom is 0.253 e. The first-order chi connectivity index (χ1) is 14.5. The fourth-order valence-corrected chi connectivity index (χ4v) is 3.97. The number of halogens is 1. The van der Waals surface area contributed by atoms with E-state index in [1.54, 1.807) is 30.2 Å². The van der Waals surface area contributed by atoms with Crippen LogP contribution in [0.25, 0.3) is 11.0 Å². The summed E-state index contributed by atoms with van der Waals surface area (Å²) in [4.78, 5) is 32.3. The van der Waals surface area contributed by atoms with Gasteiger partial charge in [0, 0.05) is 31.0 Å². The van der Waals surface area contributed by atoms with Crippen molar-refractivity contribution in [1.29, 1.82) is 0 Å². The maximum atomic E-state index is 13.2. The van der Waals surface area contributed by atoms with Crippen molar-refractivity contribution in [1.82, 2.24) is 9.55 Å². The molecule has 1 aromatic heterocycles. The second-order valence-electron chi connectivity index (χ2n) is 7.29. The molecule has 0 spiro atoms. The van der Waals surface area contributed by atoms with Gasteiger partial charge in [-0.15, -0.1) is 0 Å². The summed E-state index contributed by atoms with van der Waals surface area (Å²) in [6.45, 7) is 2.88. The summed E-state index contributed by atoms with van der Waals surface area (Å²) in [7, 11) is 1.63. The van der Waals surface area contributed by atoms with Crippen molar-refractivity contribution in [3.05, 3.63) is 53.1 Å². The quantitative estimate of drug-likeness (QED) is 0.580. The molecule has 0 saturated heterocycles. The smallest absolute Gasteiger partial charge is 0.253 e. The zero-order chi connectivity index (χ0) is 21.3. The molecule has 1 atom stereocenters. The second-order valence-corrected chi connectivity index (χ2v) is 7.69. The third-order valence-electron chi connectivity index (χ3n) is 5.33. The number of nitrogens with one attached hydrogen (secondary N) is 1. The van der Waals surface area contributed by atoms with Crippen molar-refractivity contribution in [3.8, 4) is 0 Å². The van der Waals surface area contributed by atoms with Crippen LogP contribution in [0.2, 0.25) is 5.02 Å². The van der Waals surface area contributed by atoms with Crippen LogP contribution in [-0.2, 0) is 14.3 Å². The van der Waals surface area contributed by atoms with E-state index >= 15 is 0 Å². The van der Waals surface area contributed by atoms with Crippen molar-refractivity contribution < 1.29 is 14.3 Å². The van der Waals surface area contributed by atoms with Crippen LogP contribution in [0.4, 0.5) is 11.6 Å². The summed E-state index contributed by atoms with van der Waals surface area (Å²) in [5, 5.41) is 3.47. The summed E-state index contributed by atoms with van der Waals surface area (Å²) in [5.74, 6) is 0.201. The normalized spacial score (nSPS) is 15.6. The lowest BCUT2D eigenvalue weighted by Crippen LogP contribution is -2.32. The van der Waals surface area contributed by atoms with Crippen LogP contribution in [-0.4, -0.2) is 41.6 Å². The number of ether oxygens (including phenoxy) is 1. The van der Waals surface area contributed by atoms with Crippen molar-refractivity contribution in [3.63, 3.8) is 0 Å². The van der Waals surface area contributed by atoms with Crippen LogP contribution in [0.1, 0.15) is 24.4 Å². The molecule has 2 heterocycles. The maximum absolute atomic E-state index is 13.2. The molecule has 1 aliphatic rings. The number of amides is 2. The molecule has 0 unspecified atom stereocenters. The molecule has 0 radical (unpaired) electrons. The number of aromatic nitrogens is 2. The molecule has 156 valence electrons. The molecule has 1 aliphatic heterocycles. The van der Waals surface area contributed by atoms with E-state index in [2.05, 4.69) is 10.3 Å². The average Bonchev–Trinajstić information content (AvgIpc) is 3.22. The fraction of sp³-hybridized carbons (Fsp3) is 0.318. The molecule has 2 aromatic carbocycles. The monoisotopic (exact) mass is 426 g/mol. The lowest BCUT2D eigenvalue weighted by Gasteiger charge is -2.16. The Morgan fingerprint density at radius 3 is 2.83 bits per heavy atom. The lowest BCUT2D eigenvalue weighted by molar-refractivity contribution is -0.124. The number of nitrogens with zero attached hydrogens (tertiary/aromatic N) is 3. The highest BCUT2D eigenvalue weighted by Gasteiger charge is 2.40. The molecule has 0 bridgehead atoms. The van der Waals surface area contributed by atoms with Crippen molar-refractivity contribution in [2.24, 2.45) is 0 Å². The Morgan fingerprint density at radius 2 is 2.03 bits per heavy atom. The van der Waals surface area contributed by atoms with Gasteiger partial charge in [0.05, 0.1) is 17.5 Å². The summed E-state index contributed by atoms with van der Waals surface area (Å²) < 4.78 is 6.99. The fourth-order valence-electron chi connectivity index (χ4n) is 3.79. The van der Waals surface area contributed by atoms with Crippen LogP contribution >= 0.6 is 11.6 Å². The van der Waals surface area contributed by atoms with Crippen LogP contribution in [0.5, 0.6) is 0 Å². The Balaban J connectivity index is 1.62. The third-order valence-corrected chi connectivity index (χ3v) is 5.74. The standard InChI is InChI=1S/C22H23ClN4O3/c1-14-15(23)7-5-9-16(14)24-20(28)13-19-21(29)26(11-6-12-30-2)22-25-17-8-3-4-10-18(17)27(19)22/h3-5,7-10,19H,6,11-13H2,1-2H3,(H,24,28)/t19-/m0/s1. The number of fused-ring (bicyclic) bond motifs is 3. The molecule has 7 nitrogen and oxygen atoms in total. The number of hydrogen-bond acceptors (Lipinski definition) is 4. The van der Waals surface area contributed by atoms with Crippen molar-refractivity contribution >= 4 is 46.1 Å². The van der Waals surface area contributed by atoms with Gasteiger partial charge in [-0.05, 0) is 43.2 Å². The first-order valence-corrected chi connectivity index (χ1v) is 10.2. The number of imidazole rings is 1. The minimum Gasteiger partial charge on any atom is -0.385 e. The van der Waals surface area contributed by atoms with Crippen molar-refractivity contribution in [2.45, 2.75) is 25.8 Å².